The van der Waals surface area contributed by atoms with Crippen molar-refractivity contribution in [2.45, 2.75) is 6.54 Å². The number of benzene rings is 2. The van der Waals surface area contributed by atoms with Crippen LogP contribution in [0.4, 0.5) is 0 Å². The number of nitrogens with one attached hydrogen (secondary N) is 2. The van der Waals surface area contributed by atoms with E-state index in [1.807, 2.05) is 48.5 Å². The highest BCUT2D eigenvalue weighted by Crippen LogP contribution is 2.17. The number of para-hydroxylation sites is 1. The third-order valence-electron chi connectivity index (χ3n) is 3.67. The lowest BCUT2D eigenvalue weighted by Gasteiger charge is -2.04. The first-order valence-electron chi connectivity index (χ1n) is 7.47. The standard InChI is InChI=1S/C18H18N4O2/c1-24-13-8-6-12(7-9-13)10-21-18(19)22-17(23)15-11-20-16-5-3-2-4-14(15)16/h2-9,11,20H,10H2,1H3,(H3,19,21,22,23). The minimum absolute atomic E-state index is 0.0844. The Morgan fingerprint density at radius 1 is 1.21 bits per heavy atom. The van der Waals surface area contributed by atoms with Crippen molar-refractivity contribution in [3.63, 3.8) is 0 Å². The van der Waals surface area contributed by atoms with Crippen LogP contribution in [0.15, 0.2) is 59.7 Å². The molecule has 122 valence electrons. The zero-order valence-corrected chi connectivity index (χ0v) is 13.2. The van der Waals surface area contributed by atoms with Gasteiger partial charge in [-0.05, 0) is 23.8 Å². The summed E-state index contributed by atoms with van der Waals surface area (Å²) in [6, 6.07) is 15.1. The number of carbonyl (C=O) groups excluding carboxylic acids is 1. The van der Waals surface area contributed by atoms with Gasteiger partial charge in [-0.25, -0.2) is 4.99 Å². The van der Waals surface area contributed by atoms with E-state index in [0.717, 1.165) is 22.2 Å². The summed E-state index contributed by atoms with van der Waals surface area (Å²) in [6.07, 6.45) is 1.66. The molecule has 1 aromatic heterocycles. The molecule has 3 aromatic rings. The topological polar surface area (TPSA) is 92.5 Å². The first-order valence-corrected chi connectivity index (χ1v) is 7.47. The summed E-state index contributed by atoms with van der Waals surface area (Å²) in [5.74, 6) is 0.577. The van der Waals surface area contributed by atoms with E-state index in [1.165, 1.54) is 0 Å². The first-order chi connectivity index (χ1) is 11.7. The van der Waals surface area contributed by atoms with Gasteiger partial charge in [-0.2, -0.15) is 0 Å². The van der Waals surface area contributed by atoms with Crippen molar-refractivity contribution < 1.29 is 9.53 Å². The van der Waals surface area contributed by atoms with Gasteiger partial charge in [-0.3, -0.25) is 10.1 Å². The maximum atomic E-state index is 12.3. The number of aliphatic imine (C=N–C) groups is 1. The van der Waals surface area contributed by atoms with Crippen molar-refractivity contribution in [1.82, 2.24) is 10.3 Å². The van der Waals surface area contributed by atoms with Gasteiger partial charge >= 0.3 is 0 Å². The first kappa shape index (κ1) is 15.6. The molecule has 0 unspecified atom stereocenters. The number of ether oxygens (including phenoxy) is 1. The van der Waals surface area contributed by atoms with E-state index in [1.54, 1.807) is 13.3 Å². The van der Waals surface area contributed by atoms with Crippen molar-refractivity contribution in [2.75, 3.05) is 7.11 Å². The summed E-state index contributed by atoms with van der Waals surface area (Å²) in [7, 11) is 1.62. The number of guanidine groups is 1. The van der Waals surface area contributed by atoms with E-state index in [4.69, 9.17) is 10.5 Å². The molecular formula is C18H18N4O2. The highest BCUT2D eigenvalue weighted by Gasteiger charge is 2.12. The number of nitrogens with zero attached hydrogens (tertiary/aromatic N) is 1. The second-order valence-electron chi connectivity index (χ2n) is 5.25. The zero-order valence-electron chi connectivity index (χ0n) is 13.2. The summed E-state index contributed by atoms with van der Waals surface area (Å²) < 4.78 is 5.10. The van der Waals surface area contributed by atoms with Crippen LogP contribution in [0.25, 0.3) is 10.9 Å². The molecule has 4 N–H and O–H groups in total. The van der Waals surface area contributed by atoms with Crippen molar-refractivity contribution in [3.05, 3.63) is 65.9 Å². The van der Waals surface area contributed by atoms with E-state index >= 15 is 0 Å². The second kappa shape index (κ2) is 6.87. The molecule has 0 aliphatic carbocycles. The minimum atomic E-state index is -0.288. The number of aromatic nitrogens is 1. The number of nitrogens with two attached hydrogens (primary N) is 1. The normalized spacial score (nSPS) is 11.5. The van der Waals surface area contributed by atoms with Gasteiger partial charge in [0.1, 0.15) is 5.75 Å². The van der Waals surface area contributed by atoms with Crippen LogP contribution in [0.2, 0.25) is 0 Å². The molecule has 0 saturated carbocycles. The fourth-order valence-electron chi connectivity index (χ4n) is 2.39. The van der Waals surface area contributed by atoms with Crippen LogP contribution in [-0.2, 0) is 6.54 Å². The molecule has 1 heterocycles. The highest BCUT2D eigenvalue weighted by molar-refractivity contribution is 6.12. The van der Waals surface area contributed by atoms with Crippen molar-refractivity contribution in [2.24, 2.45) is 10.7 Å². The van der Waals surface area contributed by atoms with Gasteiger partial charge in [-0.1, -0.05) is 30.3 Å². The average molecular weight is 322 g/mol. The van der Waals surface area contributed by atoms with Crippen molar-refractivity contribution >= 4 is 22.8 Å². The molecule has 24 heavy (non-hydrogen) atoms. The Bertz CT molecular complexity index is 881. The van der Waals surface area contributed by atoms with Gasteiger partial charge < -0.3 is 15.5 Å². The number of amides is 1. The Labute approximate surface area is 139 Å². The Hall–Kier alpha value is -3.28. The van der Waals surface area contributed by atoms with Crippen LogP contribution >= 0.6 is 0 Å². The van der Waals surface area contributed by atoms with E-state index in [-0.39, 0.29) is 11.9 Å². The number of H-pyrrole nitrogens is 1. The van der Waals surface area contributed by atoms with E-state index in [0.29, 0.717) is 12.1 Å². The molecule has 0 fully saturated rings. The predicted octanol–water partition coefficient (Wildman–Crippen LogP) is 2.42. The van der Waals surface area contributed by atoms with Crippen LogP contribution in [0, 0.1) is 0 Å². The van der Waals surface area contributed by atoms with E-state index < -0.39 is 0 Å². The Balaban J connectivity index is 1.67. The zero-order chi connectivity index (χ0) is 16.9. The summed E-state index contributed by atoms with van der Waals surface area (Å²) in [5.41, 5.74) is 8.22. The van der Waals surface area contributed by atoms with Crippen LogP contribution < -0.4 is 15.8 Å². The molecule has 3 rings (SSSR count). The SMILES string of the molecule is COc1ccc(CN=C(N)NC(=O)c2c[nH]c3ccccc23)cc1. The maximum Gasteiger partial charge on any atom is 0.260 e. The molecule has 0 atom stereocenters. The fourth-order valence-corrected chi connectivity index (χ4v) is 2.39. The molecule has 0 spiro atoms. The smallest absolute Gasteiger partial charge is 0.260 e. The van der Waals surface area contributed by atoms with E-state index in [9.17, 15) is 4.79 Å². The summed E-state index contributed by atoms with van der Waals surface area (Å²) in [4.78, 5) is 19.6. The number of hydrogen-bond donors (Lipinski definition) is 3. The van der Waals surface area contributed by atoms with Crippen molar-refractivity contribution in [3.8, 4) is 5.75 Å². The summed E-state index contributed by atoms with van der Waals surface area (Å²) in [6.45, 7) is 0.379. The minimum Gasteiger partial charge on any atom is -0.497 e. The van der Waals surface area contributed by atoms with Crippen LogP contribution in [-0.4, -0.2) is 24.0 Å². The Kier molecular flexibility index (Phi) is 4.47. The highest BCUT2D eigenvalue weighted by atomic mass is 16.5. The monoisotopic (exact) mass is 322 g/mol. The van der Waals surface area contributed by atoms with Gasteiger partial charge in [0.05, 0.1) is 19.2 Å². The molecular weight excluding hydrogens is 304 g/mol. The Morgan fingerprint density at radius 2 is 1.96 bits per heavy atom. The lowest BCUT2D eigenvalue weighted by atomic mass is 10.1. The molecule has 6 heteroatoms. The molecule has 0 aliphatic rings. The number of rotatable bonds is 4. The van der Waals surface area contributed by atoms with Crippen LogP contribution in [0.5, 0.6) is 5.75 Å². The third kappa shape index (κ3) is 3.38. The molecule has 6 nitrogen and oxygen atoms in total. The van der Waals surface area contributed by atoms with Gasteiger partial charge in [0.2, 0.25) is 0 Å². The number of hydrogen-bond acceptors (Lipinski definition) is 3. The van der Waals surface area contributed by atoms with Gasteiger partial charge in [0, 0.05) is 17.1 Å². The van der Waals surface area contributed by atoms with E-state index in [2.05, 4.69) is 15.3 Å². The molecule has 2 aromatic carbocycles. The third-order valence-corrected chi connectivity index (χ3v) is 3.67. The van der Waals surface area contributed by atoms with Crippen LogP contribution in [0.3, 0.4) is 0 Å². The molecule has 0 radical (unpaired) electrons. The molecule has 0 aliphatic heterocycles. The van der Waals surface area contributed by atoms with Crippen LogP contribution in [0.1, 0.15) is 15.9 Å². The van der Waals surface area contributed by atoms with Gasteiger partial charge in [0.25, 0.3) is 5.91 Å². The predicted molar refractivity (Wildman–Crippen MR) is 94.1 cm³/mol. The Morgan fingerprint density at radius 3 is 2.71 bits per heavy atom. The number of aromatic amines is 1. The van der Waals surface area contributed by atoms with Gasteiger partial charge in [0.15, 0.2) is 5.96 Å². The lowest BCUT2D eigenvalue weighted by molar-refractivity contribution is 0.0978. The largest absolute Gasteiger partial charge is 0.497 e. The van der Waals surface area contributed by atoms with Gasteiger partial charge in [-0.15, -0.1) is 0 Å². The second-order valence-corrected chi connectivity index (χ2v) is 5.25. The van der Waals surface area contributed by atoms with Crippen molar-refractivity contribution in [1.29, 1.82) is 0 Å². The number of carbonyl (C=O) groups is 1. The maximum absolute atomic E-state index is 12.3. The molecule has 1 amide bonds. The number of methoxy groups -OCH3 is 1. The quantitative estimate of drug-likeness (QED) is 0.509. The average Bonchev–Trinajstić information content (AvgIpc) is 3.04. The lowest BCUT2D eigenvalue weighted by Crippen LogP contribution is -2.36. The molecule has 0 saturated heterocycles. The number of fused-ring (bicyclic) bond motifs is 1. The summed E-state index contributed by atoms with van der Waals surface area (Å²) >= 11 is 0. The summed E-state index contributed by atoms with van der Waals surface area (Å²) in [5, 5.41) is 3.46. The molecule has 0 bridgehead atoms. The fraction of sp³-hybridized carbons (Fsp3) is 0.111.